The number of fused-ring (bicyclic) bond motifs is 1. The van der Waals surface area contributed by atoms with E-state index in [1.807, 2.05) is 81.4 Å². The van der Waals surface area contributed by atoms with Crippen LogP contribution in [-0.2, 0) is 0 Å². The molecule has 1 heterocycles. The molecule has 0 spiro atoms. The largest absolute Gasteiger partial charge is 0.490 e. The summed E-state index contributed by atoms with van der Waals surface area (Å²) < 4.78 is 5.88. The Balaban J connectivity index is 1.71. The summed E-state index contributed by atoms with van der Waals surface area (Å²) in [6, 6.07) is 24.5. The molecule has 3 aromatic carbocycles. The number of aromatic nitrogens is 1. The highest BCUT2D eigenvalue weighted by molar-refractivity contribution is 6.35. The molecule has 0 bridgehead atoms. The number of amides is 1. The molecule has 0 saturated heterocycles. The third kappa shape index (κ3) is 5.04. The van der Waals surface area contributed by atoms with Crippen molar-refractivity contribution in [2.75, 3.05) is 0 Å². The molecule has 166 valence electrons. The first-order valence-electron chi connectivity index (χ1n) is 10.7. The number of hydrogen-bond donors (Lipinski definition) is 1. The molecule has 0 aliphatic rings. The summed E-state index contributed by atoms with van der Waals surface area (Å²) in [7, 11) is 0. The number of hydrogen-bond acceptors (Lipinski definition) is 4. The fourth-order valence-electron chi connectivity index (χ4n) is 3.54. The highest BCUT2D eigenvalue weighted by Gasteiger charge is 2.16. The zero-order valence-electron chi connectivity index (χ0n) is 18.7. The van der Waals surface area contributed by atoms with E-state index >= 15 is 0 Å². The maximum atomic E-state index is 13.2. The summed E-state index contributed by atoms with van der Waals surface area (Å²) in [5.74, 6) is 0.374. The van der Waals surface area contributed by atoms with Gasteiger partial charge in [0.25, 0.3) is 5.91 Å². The fourth-order valence-corrected chi connectivity index (χ4v) is 3.75. The van der Waals surface area contributed by atoms with Crippen LogP contribution in [0.25, 0.3) is 22.2 Å². The number of ether oxygens (including phenoxy) is 1. The third-order valence-corrected chi connectivity index (χ3v) is 5.37. The molecule has 0 fully saturated rings. The SMILES string of the molecule is C/C(=N/NC(=O)c1cc(-c2ccccc2)nc2c(Cl)cccc12)c1ccccc1OC(C)C. The standard InChI is InChI=1S/C27H24ClN3O2/c1-17(2)33-25-15-8-7-12-20(25)18(3)30-31-27(32)22-16-24(19-10-5-4-6-11-19)29-26-21(22)13-9-14-23(26)28/h4-17H,1-3H3,(H,31,32)/b30-18-. The average molecular weight is 458 g/mol. The van der Waals surface area contributed by atoms with Crippen LogP contribution in [0.1, 0.15) is 36.7 Å². The quantitative estimate of drug-likeness (QED) is 0.265. The van der Waals surface area contributed by atoms with Gasteiger partial charge in [0.05, 0.1) is 33.6 Å². The minimum absolute atomic E-state index is 0.0258. The molecule has 6 heteroatoms. The van der Waals surface area contributed by atoms with Gasteiger partial charge in [0.1, 0.15) is 5.75 Å². The van der Waals surface area contributed by atoms with Crippen LogP contribution >= 0.6 is 11.6 Å². The molecule has 0 aliphatic carbocycles. The van der Waals surface area contributed by atoms with Gasteiger partial charge in [-0.2, -0.15) is 5.10 Å². The monoisotopic (exact) mass is 457 g/mol. The smallest absolute Gasteiger partial charge is 0.272 e. The van der Waals surface area contributed by atoms with Gasteiger partial charge in [0.2, 0.25) is 0 Å². The lowest BCUT2D eigenvalue weighted by Crippen LogP contribution is -2.20. The van der Waals surface area contributed by atoms with Crippen molar-refractivity contribution in [1.29, 1.82) is 0 Å². The summed E-state index contributed by atoms with van der Waals surface area (Å²) in [5, 5.41) is 5.50. The Hall–Kier alpha value is -3.70. The van der Waals surface area contributed by atoms with Crippen LogP contribution < -0.4 is 10.2 Å². The van der Waals surface area contributed by atoms with Crippen molar-refractivity contribution in [2.45, 2.75) is 26.9 Å². The van der Waals surface area contributed by atoms with E-state index < -0.39 is 0 Å². The number of carbonyl (C=O) groups is 1. The number of halogens is 1. The highest BCUT2D eigenvalue weighted by Crippen LogP contribution is 2.29. The van der Waals surface area contributed by atoms with E-state index in [-0.39, 0.29) is 12.0 Å². The summed E-state index contributed by atoms with van der Waals surface area (Å²) in [4.78, 5) is 17.9. The van der Waals surface area contributed by atoms with Gasteiger partial charge >= 0.3 is 0 Å². The van der Waals surface area contributed by atoms with Crippen molar-refractivity contribution >= 4 is 34.1 Å². The van der Waals surface area contributed by atoms with Crippen molar-refractivity contribution in [3.63, 3.8) is 0 Å². The minimum atomic E-state index is -0.344. The molecule has 5 nitrogen and oxygen atoms in total. The minimum Gasteiger partial charge on any atom is -0.490 e. The second kappa shape index (κ2) is 9.84. The van der Waals surface area contributed by atoms with Crippen molar-refractivity contribution in [1.82, 2.24) is 10.4 Å². The first-order valence-corrected chi connectivity index (χ1v) is 11.1. The Morgan fingerprint density at radius 2 is 1.70 bits per heavy atom. The number of nitrogens with zero attached hydrogens (tertiary/aromatic N) is 2. The number of hydrazone groups is 1. The predicted molar refractivity (Wildman–Crippen MR) is 134 cm³/mol. The topological polar surface area (TPSA) is 63.6 Å². The van der Waals surface area contributed by atoms with Gasteiger partial charge in [-0.05, 0) is 45.0 Å². The maximum Gasteiger partial charge on any atom is 0.272 e. The van der Waals surface area contributed by atoms with E-state index in [1.165, 1.54) is 0 Å². The van der Waals surface area contributed by atoms with Crippen LogP contribution in [-0.4, -0.2) is 22.7 Å². The molecule has 0 unspecified atom stereocenters. The van der Waals surface area contributed by atoms with Crippen molar-refractivity contribution in [3.8, 4) is 17.0 Å². The molecule has 4 aromatic rings. The van der Waals surface area contributed by atoms with Crippen molar-refractivity contribution in [2.24, 2.45) is 5.10 Å². The van der Waals surface area contributed by atoms with Gasteiger partial charge < -0.3 is 4.74 Å². The number of benzene rings is 3. The second-order valence-corrected chi connectivity index (χ2v) is 8.27. The van der Waals surface area contributed by atoms with E-state index in [2.05, 4.69) is 10.5 Å². The first-order chi connectivity index (χ1) is 15.9. The molecule has 1 N–H and O–H groups in total. The van der Waals surface area contributed by atoms with E-state index in [0.717, 1.165) is 16.9 Å². The second-order valence-electron chi connectivity index (χ2n) is 7.86. The molecule has 33 heavy (non-hydrogen) atoms. The number of nitrogens with one attached hydrogen (secondary N) is 1. The van der Waals surface area contributed by atoms with Gasteiger partial charge in [-0.15, -0.1) is 0 Å². The Morgan fingerprint density at radius 3 is 2.45 bits per heavy atom. The maximum absolute atomic E-state index is 13.2. The van der Waals surface area contributed by atoms with Gasteiger partial charge in [0.15, 0.2) is 0 Å². The van der Waals surface area contributed by atoms with Crippen LogP contribution in [0, 0.1) is 0 Å². The fraction of sp³-hybridized carbons (Fsp3) is 0.148. The molecule has 0 radical (unpaired) electrons. The Kier molecular flexibility index (Phi) is 6.71. The Morgan fingerprint density at radius 1 is 0.970 bits per heavy atom. The highest BCUT2D eigenvalue weighted by atomic mass is 35.5. The molecular formula is C27H24ClN3O2. The molecular weight excluding hydrogens is 434 g/mol. The van der Waals surface area contributed by atoms with E-state index in [9.17, 15) is 4.79 Å². The zero-order valence-corrected chi connectivity index (χ0v) is 19.4. The summed E-state index contributed by atoms with van der Waals surface area (Å²) >= 11 is 6.42. The third-order valence-electron chi connectivity index (χ3n) is 5.07. The molecule has 4 rings (SSSR count). The van der Waals surface area contributed by atoms with Gasteiger partial charge in [0, 0.05) is 16.5 Å². The van der Waals surface area contributed by atoms with Crippen LogP contribution in [0.15, 0.2) is 84.0 Å². The zero-order chi connectivity index (χ0) is 23.4. The molecule has 0 aliphatic heterocycles. The average Bonchev–Trinajstić information content (AvgIpc) is 2.82. The lowest BCUT2D eigenvalue weighted by molar-refractivity contribution is 0.0956. The van der Waals surface area contributed by atoms with Crippen LogP contribution in [0.5, 0.6) is 5.75 Å². The molecule has 0 saturated carbocycles. The van der Waals surface area contributed by atoms with Crippen LogP contribution in [0.3, 0.4) is 0 Å². The summed E-state index contributed by atoms with van der Waals surface area (Å²) in [6.07, 6.45) is 0.0258. The van der Waals surface area contributed by atoms with E-state index in [0.29, 0.717) is 32.9 Å². The van der Waals surface area contributed by atoms with Crippen molar-refractivity contribution < 1.29 is 9.53 Å². The van der Waals surface area contributed by atoms with Crippen LogP contribution in [0.2, 0.25) is 5.02 Å². The molecule has 1 aromatic heterocycles. The van der Waals surface area contributed by atoms with Gasteiger partial charge in [-0.1, -0.05) is 66.2 Å². The van der Waals surface area contributed by atoms with Gasteiger partial charge in [-0.3, -0.25) is 4.79 Å². The number of rotatable bonds is 6. The molecule has 1 amide bonds. The Labute approximate surface area is 198 Å². The Bertz CT molecular complexity index is 1330. The lowest BCUT2D eigenvalue weighted by atomic mass is 10.0. The normalized spacial score (nSPS) is 11.6. The van der Waals surface area contributed by atoms with Crippen molar-refractivity contribution in [3.05, 3.63) is 95.0 Å². The lowest BCUT2D eigenvalue weighted by Gasteiger charge is -2.14. The first kappa shape index (κ1) is 22.5. The van der Waals surface area contributed by atoms with E-state index in [1.54, 1.807) is 18.2 Å². The molecule has 0 atom stereocenters. The number of carbonyl (C=O) groups excluding carboxylic acids is 1. The van der Waals surface area contributed by atoms with E-state index in [4.69, 9.17) is 21.3 Å². The summed E-state index contributed by atoms with van der Waals surface area (Å²) in [5.41, 5.74) is 6.73. The summed E-state index contributed by atoms with van der Waals surface area (Å²) in [6.45, 7) is 5.77. The number of pyridine rings is 1. The van der Waals surface area contributed by atoms with Gasteiger partial charge in [-0.25, -0.2) is 10.4 Å². The van der Waals surface area contributed by atoms with Crippen LogP contribution in [0.4, 0.5) is 0 Å². The predicted octanol–water partition coefficient (Wildman–Crippen LogP) is 6.50. The number of para-hydroxylation sites is 2.